The lowest BCUT2D eigenvalue weighted by Gasteiger charge is -2.08. The third-order valence-corrected chi connectivity index (χ3v) is 4.54. The van der Waals surface area contributed by atoms with Crippen LogP contribution in [0.15, 0.2) is 5.51 Å². The van der Waals surface area contributed by atoms with Crippen molar-refractivity contribution in [1.82, 2.24) is 10.3 Å². The molecule has 0 aromatic carbocycles. The van der Waals surface area contributed by atoms with E-state index in [0.29, 0.717) is 0 Å². The third-order valence-electron chi connectivity index (χ3n) is 2.50. The number of hydrogen-bond donors (Lipinski definition) is 1. The summed E-state index contributed by atoms with van der Waals surface area (Å²) < 4.78 is 0. The maximum Gasteiger partial charge on any atom is 0.0797 e. The number of thiazole rings is 1. The van der Waals surface area contributed by atoms with Crippen LogP contribution in [0.1, 0.15) is 23.9 Å². The Bertz CT molecular complexity index is 273. The molecule has 4 heteroatoms. The van der Waals surface area contributed by atoms with E-state index in [2.05, 4.69) is 30.4 Å². The van der Waals surface area contributed by atoms with Gasteiger partial charge in [-0.15, -0.1) is 11.3 Å². The van der Waals surface area contributed by atoms with Crippen molar-refractivity contribution in [2.24, 2.45) is 0 Å². The van der Waals surface area contributed by atoms with E-state index in [4.69, 9.17) is 0 Å². The number of aryl methyl sites for hydroxylation is 1. The highest BCUT2D eigenvalue weighted by molar-refractivity contribution is 7.99. The molecule has 86 valence electrons. The smallest absolute Gasteiger partial charge is 0.0797 e. The SMILES string of the molecule is CSC(C)CCNCCc1scnc1C. The zero-order valence-electron chi connectivity index (χ0n) is 9.75. The van der Waals surface area contributed by atoms with E-state index in [1.165, 1.54) is 17.0 Å². The van der Waals surface area contributed by atoms with Crippen LogP contribution in [0.4, 0.5) is 0 Å². The lowest BCUT2D eigenvalue weighted by Crippen LogP contribution is -2.20. The van der Waals surface area contributed by atoms with Gasteiger partial charge >= 0.3 is 0 Å². The molecule has 0 bridgehead atoms. The Hall–Kier alpha value is -0.0600. The lowest BCUT2D eigenvalue weighted by molar-refractivity contribution is 0.647. The Morgan fingerprint density at radius 1 is 1.53 bits per heavy atom. The summed E-state index contributed by atoms with van der Waals surface area (Å²) in [6, 6.07) is 0. The Morgan fingerprint density at radius 2 is 2.33 bits per heavy atom. The van der Waals surface area contributed by atoms with Gasteiger partial charge in [0.2, 0.25) is 0 Å². The van der Waals surface area contributed by atoms with Crippen LogP contribution in [-0.2, 0) is 6.42 Å². The third kappa shape index (κ3) is 5.00. The van der Waals surface area contributed by atoms with Gasteiger partial charge in [-0.25, -0.2) is 4.98 Å². The van der Waals surface area contributed by atoms with Crippen LogP contribution in [0.5, 0.6) is 0 Å². The summed E-state index contributed by atoms with van der Waals surface area (Å²) in [4.78, 5) is 5.66. The average molecular weight is 244 g/mol. The summed E-state index contributed by atoms with van der Waals surface area (Å²) in [5.41, 5.74) is 3.12. The summed E-state index contributed by atoms with van der Waals surface area (Å²) in [6.07, 6.45) is 4.54. The summed E-state index contributed by atoms with van der Waals surface area (Å²) in [5.74, 6) is 0. The molecule has 0 radical (unpaired) electrons. The number of nitrogens with one attached hydrogen (secondary N) is 1. The number of nitrogens with zero attached hydrogens (tertiary/aromatic N) is 1. The molecule has 0 aliphatic rings. The second-order valence-electron chi connectivity index (χ2n) is 3.70. The fourth-order valence-electron chi connectivity index (χ4n) is 1.32. The first-order chi connectivity index (χ1) is 7.24. The van der Waals surface area contributed by atoms with Crippen molar-refractivity contribution in [1.29, 1.82) is 0 Å². The van der Waals surface area contributed by atoms with Gasteiger partial charge in [-0.05, 0) is 32.6 Å². The molecule has 0 spiro atoms. The zero-order valence-corrected chi connectivity index (χ0v) is 11.4. The average Bonchev–Trinajstić information content (AvgIpc) is 2.63. The van der Waals surface area contributed by atoms with Crippen molar-refractivity contribution in [3.05, 3.63) is 16.1 Å². The summed E-state index contributed by atoms with van der Waals surface area (Å²) >= 11 is 3.70. The highest BCUT2D eigenvalue weighted by atomic mass is 32.2. The molecule has 1 atom stereocenters. The Balaban J connectivity index is 2.05. The van der Waals surface area contributed by atoms with Gasteiger partial charge in [-0.2, -0.15) is 11.8 Å². The van der Waals surface area contributed by atoms with Crippen LogP contribution in [0.3, 0.4) is 0 Å². The minimum Gasteiger partial charge on any atom is -0.316 e. The highest BCUT2D eigenvalue weighted by Gasteiger charge is 2.01. The molecule has 15 heavy (non-hydrogen) atoms. The fraction of sp³-hybridized carbons (Fsp3) is 0.727. The van der Waals surface area contributed by atoms with Gasteiger partial charge in [0.05, 0.1) is 11.2 Å². The van der Waals surface area contributed by atoms with Crippen LogP contribution in [0.25, 0.3) is 0 Å². The zero-order chi connectivity index (χ0) is 11.1. The van der Waals surface area contributed by atoms with Crippen LogP contribution in [-0.4, -0.2) is 29.6 Å². The molecule has 0 fully saturated rings. The first kappa shape index (κ1) is 13.0. The number of thioether (sulfide) groups is 1. The predicted octanol–water partition coefficient (Wildman–Crippen LogP) is 2.73. The molecule has 1 heterocycles. The Labute approximate surface area is 101 Å². The monoisotopic (exact) mass is 244 g/mol. The minimum atomic E-state index is 0.766. The summed E-state index contributed by atoms with van der Waals surface area (Å²) in [7, 11) is 0. The van der Waals surface area contributed by atoms with Crippen LogP contribution >= 0.6 is 23.1 Å². The van der Waals surface area contributed by atoms with Crippen molar-refractivity contribution >= 4 is 23.1 Å². The van der Waals surface area contributed by atoms with Gasteiger partial charge in [0, 0.05) is 16.7 Å². The van der Waals surface area contributed by atoms with E-state index in [1.807, 2.05) is 17.3 Å². The number of hydrogen-bond acceptors (Lipinski definition) is 4. The molecule has 1 aromatic rings. The van der Waals surface area contributed by atoms with Crippen LogP contribution < -0.4 is 5.32 Å². The summed E-state index contributed by atoms with van der Waals surface area (Å²) in [6.45, 7) is 6.56. The second kappa shape index (κ2) is 7.25. The largest absolute Gasteiger partial charge is 0.316 e. The fourth-order valence-corrected chi connectivity index (χ4v) is 2.45. The predicted molar refractivity (Wildman–Crippen MR) is 71.0 cm³/mol. The van der Waals surface area contributed by atoms with Gasteiger partial charge in [0.15, 0.2) is 0 Å². The molecule has 0 saturated carbocycles. The van der Waals surface area contributed by atoms with Gasteiger partial charge in [-0.3, -0.25) is 0 Å². The Kier molecular flexibility index (Phi) is 6.29. The molecule has 1 rings (SSSR count). The highest BCUT2D eigenvalue weighted by Crippen LogP contribution is 2.12. The number of rotatable bonds is 7. The van der Waals surface area contributed by atoms with E-state index in [0.717, 1.165) is 24.8 Å². The normalized spacial score (nSPS) is 13.0. The van der Waals surface area contributed by atoms with E-state index in [1.54, 1.807) is 11.3 Å². The van der Waals surface area contributed by atoms with Crippen molar-refractivity contribution in [2.45, 2.75) is 31.9 Å². The quantitative estimate of drug-likeness (QED) is 0.747. The molecular formula is C11H20N2S2. The molecule has 1 N–H and O–H groups in total. The van der Waals surface area contributed by atoms with Crippen LogP contribution in [0, 0.1) is 6.92 Å². The molecule has 0 aliphatic heterocycles. The van der Waals surface area contributed by atoms with Gasteiger partial charge in [-0.1, -0.05) is 6.92 Å². The first-order valence-electron chi connectivity index (χ1n) is 5.36. The molecule has 2 nitrogen and oxygen atoms in total. The molecule has 1 unspecified atom stereocenters. The molecule has 0 saturated heterocycles. The summed E-state index contributed by atoms with van der Waals surface area (Å²) in [5, 5.41) is 4.25. The van der Waals surface area contributed by atoms with E-state index >= 15 is 0 Å². The van der Waals surface area contributed by atoms with Crippen molar-refractivity contribution < 1.29 is 0 Å². The van der Waals surface area contributed by atoms with Gasteiger partial charge in [0.25, 0.3) is 0 Å². The topological polar surface area (TPSA) is 24.9 Å². The number of aromatic nitrogens is 1. The molecule has 1 aromatic heterocycles. The van der Waals surface area contributed by atoms with Gasteiger partial charge in [0.1, 0.15) is 0 Å². The van der Waals surface area contributed by atoms with Crippen LogP contribution in [0.2, 0.25) is 0 Å². The first-order valence-corrected chi connectivity index (χ1v) is 7.53. The minimum absolute atomic E-state index is 0.766. The van der Waals surface area contributed by atoms with E-state index in [9.17, 15) is 0 Å². The van der Waals surface area contributed by atoms with Crippen molar-refractivity contribution in [3.8, 4) is 0 Å². The molecule has 0 amide bonds. The van der Waals surface area contributed by atoms with E-state index in [-0.39, 0.29) is 0 Å². The maximum atomic E-state index is 4.24. The molecular weight excluding hydrogens is 224 g/mol. The van der Waals surface area contributed by atoms with E-state index < -0.39 is 0 Å². The van der Waals surface area contributed by atoms with Gasteiger partial charge < -0.3 is 5.32 Å². The maximum absolute atomic E-state index is 4.24. The van der Waals surface area contributed by atoms with Crippen molar-refractivity contribution in [2.75, 3.05) is 19.3 Å². The standard InChI is InChI=1S/C11H20N2S2/c1-9(14-3)4-6-12-7-5-11-10(2)13-8-15-11/h8-9,12H,4-7H2,1-3H3. The molecule has 0 aliphatic carbocycles. The van der Waals surface area contributed by atoms with Crippen molar-refractivity contribution in [3.63, 3.8) is 0 Å². The Morgan fingerprint density at radius 3 is 2.93 bits per heavy atom. The second-order valence-corrected chi connectivity index (χ2v) is 5.91. The lowest BCUT2D eigenvalue weighted by atomic mass is 10.3.